The highest BCUT2D eigenvalue weighted by Crippen LogP contribution is 2.29. The largest absolute Gasteiger partial charge is 0.507 e. The lowest BCUT2D eigenvalue weighted by atomic mass is 10.0. The van der Waals surface area contributed by atoms with Crippen molar-refractivity contribution in [3.8, 4) is 17.2 Å². The van der Waals surface area contributed by atoms with Gasteiger partial charge in [-0.2, -0.15) is 0 Å². The molecule has 1 heterocycles. The summed E-state index contributed by atoms with van der Waals surface area (Å²) in [5, 5.41) is 10.7. The molecule has 0 saturated heterocycles. The standard InChI is InChI=1S/C28H26O8/c1-4-17-12-21(16(2)29)23(30)15-25(17)35-11-5-10-34-19-7-8-20-26(14-19)36-24-9-6-18(28(32)33-3)13-22(24)27(20)31/h6-9,12-15,30H,4-5,10-11H2,1-3H3. The molecule has 0 saturated carbocycles. The minimum atomic E-state index is -0.528. The van der Waals surface area contributed by atoms with Gasteiger partial charge in [0.2, 0.25) is 5.43 Å². The van der Waals surface area contributed by atoms with Crippen molar-refractivity contribution in [2.75, 3.05) is 20.3 Å². The zero-order chi connectivity index (χ0) is 25.8. The molecule has 0 aliphatic carbocycles. The molecule has 4 aromatic rings. The molecule has 1 aromatic heterocycles. The van der Waals surface area contributed by atoms with E-state index in [1.54, 1.807) is 36.4 Å². The number of ketones is 1. The summed E-state index contributed by atoms with van der Waals surface area (Å²) >= 11 is 0. The number of carbonyl (C=O) groups is 2. The Morgan fingerprint density at radius 1 is 0.944 bits per heavy atom. The van der Waals surface area contributed by atoms with Gasteiger partial charge in [0.25, 0.3) is 0 Å². The predicted molar refractivity (Wildman–Crippen MR) is 134 cm³/mol. The van der Waals surface area contributed by atoms with Crippen molar-refractivity contribution in [2.45, 2.75) is 26.7 Å². The molecule has 36 heavy (non-hydrogen) atoms. The first-order valence-electron chi connectivity index (χ1n) is 11.5. The SMILES string of the molecule is CCc1cc(C(C)=O)c(O)cc1OCCCOc1ccc2c(=O)c3cc(C(=O)OC)ccc3oc2c1. The number of rotatable bonds is 9. The molecule has 1 N–H and O–H groups in total. The maximum atomic E-state index is 12.9. The molecule has 0 aliphatic rings. The molecule has 0 bridgehead atoms. The number of phenolic OH excluding ortho intramolecular Hbond substituents is 1. The molecule has 0 unspecified atom stereocenters. The van der Waals surface area contributed by atoms with Crippen molar-refractivity contribution in [3.63, 3.8) is 0 Å². The van der Waals surface area contributed by atoms with Gasteiger partial charge in [-0.3, -0.25) is 9.59 Å². The van der Waals surface area contributed by atoms with Gasteiger partial charge in [-0.05, 0) is 55.3 Å². The van der Waals surface area contributed by atoms with E-state index in [-0.39, 0.29) is 28.1 Å². The number of aromatic hydroxyl groups is 1. The number of Topliss-reactive ketones (excluding diaryl/α,β-unsaturated/α-hetero) is 1. The van der Waals surface area contributed by atoms with Gasteiger partial charge in [0, 0.05) is 18.6 Å². The minimum absolute atomic E-state index is 0.0994. The Kier molecular flexibility index (Phi) is 7.24. The summed E-state index contributed by atoms with van der Waals surface area (Å²) in [7, 11) is 1.28. The molecule has 0 amide bonds. The topological polar surface area (TPSA) is 112 Å². The van der Waals surface area contributed by atoms with Crippen molar-refractivity contribution in [1.29, 1.82) is 0 Å². The highest BCUT2D eigenvalue weighted by atomic mass is 16.5. The Morgan fingerprint density at radius 2 is 1.72 bits per heavy atom. The number of ether oxygens (including phenoxy) is 3. The summed E-state index contributed by atoms with van der Waals surface area (Å²) in [4.78, 5) is 36.3. The van der Waals surface area contributed by atoms with Crippen molar-refractivity contribution in [3.05, 3.63) is 75.4 Å². The maximum absolute atomic E-state index is 12.9. The molecular weight excluding hydrogens is 464 g/mol. The fraction of sp³-hybridized carbons (Fsp3) is 0.250. The number of methoxy groups -OCH3 is 1. The second-order valence-electron chi connectivity index (χ2n) is 8.23. The number of phenols is 1. The van der Waals surface area contributed by atoms with Gasteiger partial charge in [0.1, 0.15) is 28.4 Å². The summed E-state index contributed by atoms with van der Waals surface area (Å²) in [6, 6.07) is 12.7. The van der Waals surface area contributed by atoms with E-state index in [4.69, 9.17) is 18.6 Å². The van der Waals surface area contributed by atoms with Crippen molar-refractivity contribution >= 4 is 33.7 Å². The van der Waals surface area contributed by atoms with Gasteiger partial charge >= 0.3 is 5.97 Å². The maximum Gasteiger partial charge on any atom is 0.337 e. The first kappa shape index (κ1) is 24.8. The van der Waals surface area contributed by atoms with E-state index in [2.05, 4.69) is 0 Å². The van der Waals surface area contributed by atoms with Crippen LogP contribution in [0.5, 0.6) is 17.2 Å². The number of carbonyl (C=O) groups excluding carboxylic acids is 2. The number of benzene rings is 3. The highest BCUT2D eigenvalue weighted by Gasteiger charge is 2.14. The smallest absolute Gasteiger partial charge is 0.337 e. The molecule has 186 valence electrons. The Morgan fingerprint density at radius 3 is 2.44 bits per heavy atom. The lowest BCUT2D eigenvalue weighted by Crippen LogP contribution is -2.07. The molecular formula is C28H26O8. The third kappa shape index (κ3) is 5.02. The van der Waals surface area contributed by atoms with Crippen LogP contribution in [0.25, 0.3) is 21.9 Å². The summed E-state index contributed by atoms with van der Waals surface area (Å²) in [6.45, 7) is 4.06. The van der Waals surface area contributed by atoms with Crippen LogP contribution in [0.15, 0.2) is 57.7 Å². The number of esters is 1. The number of fused-ring (bicyclic) bond motifs is 2. The monoisotopic (exact) mass is 490 g/mol. The number of aryl methyl sites for hydroxylation is 1. The Hall–Kier alpha value is -4.33. The van der Waals surface area contributed by atoms with Crippen LogP contribution in [0, 0.1) is 0 Å². The van der Waals surface area contributed by atoms with E-state index < -0.39 is 5.97 Å². The molecule has 0 spiro atoms. The van der Waals surface area contributed by atoms with Crippen molar-refractivity contribution in [1.82, 2.24) is 0 Å². The van der Waals surface area contributed by atoms with Gasteiger partial charge < -0.3 is 23.7 Å². The van der Waals surface area contributed by atoms with Crippen LogP contribution in [-0.2, 0) is 11.2 Å². The minimum Gasteiger partial charge on any atom is -0.507 e. The van der Waals surface area contributed by atoms with Crippen LogP contribution in [0.3, 0.4) is 0 Å². The van der Waals surface area contributed by atoms with Gasteiger partial charge in [0.05, 0.1) is 42.2 Å². The fourth-order valence-electron chi connectivity index (χ4n) is 3.91. The Balaban J connectivity index is 1.42. The summed E-state index contributed by atoms with van der Waals surface area (Å²) in [5.41, 5.74) is 1.88. The lowest BCUT2D eigenvalue weighted by molar-refractivity contribution is 0.0600. The molecule has 0 aliphatic heterocycles. The van der Waals surface area contributed by atoms with E-state index in [1.165, 1.54) is 26.2 Å². The average Bonchev–Trinajstić information content (AvgIpc) is 2.87. The van der Waals surface area contributed by atoms with Gasteiger partial charge in [0.15, 0.2) is 5.78 Å². The van der Waals surface area contributed by atoms with E-state index in [0.717, 1.165) is 5.56 Å². The quantitative estimate of drug-likeness (QED) is 0.150. The van der Waals surface area contributed by atoms with Crippen molar-refractivity contribution in [2.24, 2.45) is 0 Å². The summed E-state index contributed by atoms with van der Waals surface area (Å²) < 4.78 is 22.2. The highest BCUT2D eigenvalue weighted by molar-refractivity contribution is 5.97. The van der Waals surface area contributed by atoms with E-state index >= 15 is 0 Å². The van der Waals surface area contributed by atoms with Crippen LogP contribution in [0.4, 0.5) is 0 Å². The van der Waals surface area contributed by atoms with E-state index in [1.807, 2.05) is 6.92 Å². The van der Waals surface area contributed by atoms with Gasteiger partial charge in [-0.25, -0.2) is 4.79 Å². The Labute approximate surface area is 207 Å². The number of hydrogen-bond donors (Lipinski definition) is 1. The molecule has 8 nitrogen and oxygen atoms in total. The Bertz CT molecular complexity index is 1520. The second-order valence-corrected chi connectivity index (χ2v) is 8.23. The molecule has 3 aromatic carbocycles. The van der Waals surface area contributed by atoms with Crippen LogP contribution in [0.2, 0.25) is 0 Å². The second kappa shape index (κ2) is 10.5. The van der Waals surface area contributed by atoms with Gasteiger partial charge in [-0.1, -0.05) is 6.92 Å². The molecule has 0 fully saturated rings. The van der Waals surface area contributed by atoms with E-state index in [9.17, 15) is 19.5 Å². The zero-order valence-corrected chi connectivity index (χ0v) is 20.3. The fourth-order valence-corrected chi connectivity index (χ4v) is 3.91. The van der Waals surface area contributed by atoms with Crippen molar-refractivity contribution < 1.29 is 33.3 Å². The first-order chi connectivity index (χ1) is 17.3. The predicted octanol–water partition coefficient (Wildman–Crippen LogP) is 5.05. The van der Waals surface area contributed by atoms with Crippen LogP contribution < -0.4 is 14.9 Å². The molecule has 8 heteroatoms. The third-order valence-corrected chi connectivity index (χ3v) is 5.82. The summed E-state index contributed by atoms with van der Waals surface area (Å²) in [6.07, 6.45) is 1.22. The molecule has 4 rings (SSSR count). The van der Waals surface area contributed by atoms with Crippen LogP contribution >= 0.6 is 0 Å². The lowest BCUT2D eigenvalue weighted by Gasteiger charge is -2.13. The van der Waals surface area contributed by atoms with Crippen LogP contribution in [0.1, 0.15) is 46.5 Å². The van der Waals surface area contributed by atoms with Gasteiger partial charge in [-0.15, -0.1) is 0 Å². The van der Waals surface area contributed by atoms with Crippen LogP contribution in [-0.4, -0.2) is 37.2 Å². The normalized spacial score (nSPS) is 11.0. The zero-order valence-electron chi connectivity index (χ0n) is 20.3. The summed E-state index contributed by atoms with van der Waals surface area (Å²) in [5.74, 6) is 0.244. The number of hydrogen-bond acceptors (Lipinski definition) is 8. The molecule has 0 atom stereocenters. The van der Waals surface area contributed by atoms with E-state index in [0.29, 0.717) is 59.5 Å². The first-order valence-corrected chi connectivity index (χ1v) is 11.5. The molecule has 0 radical (unpaired) electrons. The average molecular weight is 491 g/mol. The third-order valence-electron chi connectivity index (χ3n) is 5.82.